The third-order valence-corrected chi connectivity index (χ3v) is 7.16. The minimum atomic E-state index is -3.63. The molecule has 10 heteroatoms. The summed E-state index contributed by atoms with van der Waals surface area (Å²) in [6.45, 7) is 2.33. The summed E-state index contributed by atoms with van der Waals surface area (Å²) < 4.78 is 40.5. The van der Waals surface area contributed by atoms with Crippen molar-refractivity contribution >= 4 is 15.9 Å². The number of imidazole rings is 1. The van der Waals surface area contributed by atoms with Crippen LogP contribution in [-0.2, 0) is 27.9 Å². The first-order valence-electron chi connectivity index (χ1n) is 11.7. The Bertz CT molecular complexity index is 1230. The molecule has 35 heavy (non-hydrogen) atoms. The zero-order valence-electron chi connectivity index (χ0n) is 19.5. The molecule has 2 N–H and O–H groups in total. The number of unbranched alkanes of at least 4 members (excludes halogenated alkanes) is 2. The van der Waals surface area contributed by atoms with Crippen molar-refractivity contribution < 1.29 is 22.7 Å². The molecule has 1 aromatic heterocycles. The monoisotopic (exact) mass is 498 g/mol. The minimum Gasteiger partial charge on any atom is -0.486 e. The van der Waals surface area contributed by atoms with Crippen molar-refractivity contribution in [1.82, 2.24) is 19.6 Å². The number of carbonyl (C=O) groups excluding carboxylic acids is 1. The van der Waals surface area contributed by atoms with Crippen molar-refractivity contribution in [3.8, 4) is 11.5 Å². The molecule has 2 heterocycles. The molecule has 4 rings (SSSR count). The van der Waals surface area contributed by atoms with Gasteiger partial charge in [0.2, 0.25) is 15.9 Å². The van der Waals surface area contributed by atoms with Gasteiger partial charge in [0.25, 0.3) is 0 Å². The maximum atomic E-state index is 12.5. The molecule has 0 unspecified atom stereocenters. The van der Waals surface area contributed by atoms with Crippen molar-refractivity contribution in [1.29, 1.82) is 0 Å². The maximum Gasteiger partial charge on any atom is 0.240 e. The largest absolute Gasteiger partial charge is 0.486 e. The molecule has 0 aliphatic carbocycles. The highest BCUT2D eigenvalue weighted by Crippen LogP contribution is 2.32. The standard InChI is InChI=1S/C25H30N4O5S/c30-25(27-17-20-6-3-4-7-21(20)18-29-13-12-26-19-29)8-2-1-5-11-28-35(31,32)22-9-10-23-24(16-22)34-15-14-33-23/h3-4,6-7,9-10,12-13,16,19,28H,1-2,5,8,11,14-15,17-18H2,(H,27,30). The summed E-state index contributed by atoms with van der Waals surface area (Å²) in [5, 5.41) is 2.98. The van der Waals surface area contributed by atoms with E-state index in [1.54, 1.807) is 18.6 Å². The van der Waals surface area contributed by atoms with E-state index in [4.69, 9.17) is 9.47 Å². The lowest BCUT2D eigenvalue weighted by Crippen LogP contribution is -2.25. The molecule has 1 aliphatic heterocycles. The van der Waals surface area contributed by atoms with Crippen molar-refractivity contribution in [3.63, 3.8) is 0 Å². The Morgan fingerprint density at radius 1 is 1.00 bits per heavy atom. The lowest BCUT2D eigenvalue weighted by Gasteiger charge is -2.18. The third-order valence-electron chi connectivity index (χ3n) is 5.70. The first-order chi connectivity index (χ1) is 17.0. The molecular formula is C25H30N4O5S. The average molecular weight is 499 g/mol. The average Bonchev–Trinajstić information content (AvgIpc) is 3.38. The van der Waals surface area contributed by atoms with Gasteiger partial charge >= 0.3 is 0 Å². The van der Waals surface area contributed by atoms with E-state index in [2.05, 4.69) is 15.0 Å². The zero-order valence-corrected chi connectivity index (χ0v) is 20.3. The number of sulfonamides is 1. The molecule has 1 aliphatic rings. The molecular weight excluding hydrogens is 468 g/mol. The summed E-state index contributed by atoms with van der Waals surface area (Å²) in [4.78, 5) is 16.5. The second-order valence-corrected chi connectivity index (χ2v) is 10.1. The van der Waals surface area contributed by atoms with E-state index < -0.39 is 10.0 Å². The van der Waals surface area contributed by atoms with Gasteiger partial charge in [0, 0.05) is 44.5 Å². The van der Waals surface area contributed by atoms with Crippen molar-refractivity contribution in [2.24, 2.45) is 0 Å². The Labute approximate surface area is 205 Å². The van der Waals surface area contributed by atoms with Crippen LogP contribution in [0.15, 0.2) is 66.1 Å². The Kier molecular flexibility index (Phi) is 8.38. The van der Waals surface area contributed by atoms with Crippen LogP contribution in [0.5, 0.6) is 11.5 Å². The van der Waals surface area contributed by atoms with Gasteiger partial charge in [-0.25, -0.2) is 18.1 Å². The van der Waals surface area contributed by atoms with Gasteiger partial charge < -0.3 is 19.4 Å². The van der Waals surface area contributed by atoms with Crippen LogP contribution in [-0.4, -0.2) is 43.6 Å². The topological polar surface area (TPSA) is 112 Å². The van der Waals surface area contributed by atoms with Gasteiger partial charge in [-0.1, -0.05) is 30.7 Å². The second kappa shape index (κ2) is 11.9. The molecule has 0 spiro atoms. The molecule has 0 saturated heterocycles. The fourth-order valence-electron chi connectivity index (χ4n) is 3.81. The summed E-state index contributed by atoms with van der Waals surface area (Å²) >= 11 is 0. The van der Waals surface area contributed by atoms with E-state index in [-0.39, 0.29) is 10.8 Å². The van der Waals surface area contributed by atoms with Gasteiger partial charge in [-0.2, -0.15) is 0 Å². The number of nitrogens with one attached hydrogen (secondary N) is 2. The van der Waals surface area contributed by atoms with E-state index >= 15 is 0 Å². The lowest BCUT2D eigenvalue weighted by molar-refractivity contribution is -0.121. The molecule has 2 aromatic carbocycles. The van der Waals surface area contributed by atoms with Crippen molar-refractivity contribution in [2.45, 2.75) is 43.7 Å². The molecule has 0 radical (unpaired) electrons. The van der Waals surface area contributed by atoms with Gasteiger partial charge in [0.15, 0.2) is 11.5 Å². The summed E-state index contributed by atoms with van der Waals surface area (Å²) in [6.07, 6.45) is 7.90. The third kappa shape index (κ3) is 7.06. The molecule has 0 bridgehead atoms. The number of fused-ring (bicyclic) bond motifs is 1. The molecule has 0 atom stereocenters. The number of carbonyl (C=O) groups is 1. The van der Waals surface area contributed by atoms with Crippen LogP contribution in [0.4, 0.5) is 0 Å². The van der Waals surface area contributed by atoms with Crippen molar-refractivity contribution in [2.75, 3.05) is 19.8 Å². The molecule has 0 saturated carbocycles. The van der Waals surface area contributed by atoms with Crippen LogP contribution >= 0.6 is 0 Å². The van der Waals surface area contributed by atoms with Gasteiger partial charge in [-0.3, -0.25) is 4.79 Å². The number of hydrogen-bond acceptors (Lipinski definition) is 6. The van der Waals surface area contributed by atoms with Gasteiger partial charge in [-0.15, -0.1) is 0 Å². The molecule has 9 nitrogen and oxygen atoms in total. The fraction of sp³-hybridized carbons (Fsp3) is 0.360. The van der Waals surface area contributed by atoms with E-state index in [1.165, 1.54) is 12.1 Å². The summed E-state index contributed by atoms with van der Waals surface area (Å²) in [5.41, 5.74) is 2.21. The fourth-order valence-corrected chi connectivity index (χ4v) is 4.90. The molecule has 0 fully saturated rings. The van der Waals surface area contributed by atoms with E-state index in [0.717, 1.165) is 17.5 Å². The smallest absolute Gasteiger partial charge is 0.240 e. The van der Waals surface area contributed by atoms with Gasteiger partial charge in [0.1, 0.15) is 13.2 Å². The minimum absolute atomic E-state index is 0.0145. The Morgan fingerprint density at radius 3 is 2.60 bits per heavy atom. The molecule has 186 valence electrons. The number of amides is 1. The van der Waals surface area contributed by atoms with E-state index in [0.29, 0.717) is 63.6 Å². The van der Waals surface area contributed by atoms with Gasteiger partial charge in [-0.05, 0) is 36.1 Å². The van der Waals surface area contributed by atoms with Crippen molar-refractivity contribution in [3.05, 3.63) is 72.3 Å². The maximum absolute atomic E-state index is 12.5. The summed E-state index contributed by atoms with van der Waals surface area (Å²) in [5.74, 6) is 0.976. The predicted octanol–water partition coefficient (Wildman–Crippen LogP) is 2.86. The number of ether oxygens (including phenoxy) is 2. The van der Waals surface area contributed by atoms with Gasteiger partial charge in [0.05, 0.1) is 11.2 Å². The highest BCUT2D eigenvalue weighted by atomic mass is 32.2. The number of benzene rings is 2. The zero-order chi connectivity index (χ0) is 24.5. The van der Waals surface area contributed by atoms with Crippen LogP contribution in [0, 0.1) is 0 Å². The van der Waals surface area contributed by atoms with E-state index in [1.807, 2.05) is 35.0 Å². The SMILES string of the molecule is O=C(CCCCCNS(=O)(=O)c1ccc2c(c1)OCCO2)NCc1ccccc1Cn1ccnc1. The normalized spacial score (nSPS) is 12.9. The highest BCUT2D eigenvalue weighted by Gasteiger charge is 2.19. The van der Waals surface area contributed by atoms with Crippen LogP contribution in [0.2, 0.25) is 0 Å². The van der Waals surface area contributed by atoms with Crippen LogP contribution in [0.25, 0.3) is 0 Å². The number of hydrogen-bond donors (Lipinski definition) is 2. The first-order valence-corrected chi connectivity index (χ1v) is 13.2. The van der Waals surface area contributed by atoms with Crippen LogP contribution < -0.4 is 19.5 Å². The Balaban J connectivity index is 1.14. The predicted molar refractivity (Wildman–Crippen MR) is 131 cm³/mol. The van der Waals surface area contributed by atoms with Crippen LogP contribution in [0.3, 0.4) is 0 Å². The first kappa shape index (κ1) is 24.7. The molecule has 3 aromatic rings. The number of aromatic nitrogens is 2. The number of rotatable bonds is 12. The summed E-state index contributed by atoms with van der Waals surface area (Å²) in [6, 6.07) is 12.6. The Morgan fingerprint density at radius 2 is 1.80 bits per heavy atom. The highest BCUT2D eigenvalue weighted by molar-refractivity contribution is 7.89. The number of nitrogens with zero attached hydrogens (tertiary/aromatic N) is 2. The van der Waals surface area contributed by atoms with E-state index in [9.17, 15) is 13.2 Å². The Hall–Kier alpha value is -3.37. The molecule has 1 amide bonds. The lowest BCUT2D eigenvalue weighted by atomic mass is 10.1. The summed E-state index contributed by atoms with van der Waals surface area (Å²) in [7, 11) is -3.63. The quantitative estimate of drug-likeness (QED) is 0.372. The van der Waals surface area contributed by atoms with Crippen LogP contribution in [0.1, 0.15) is 36.8 Å². The second-order valence-electron chi connectivity index (χ2n) is 8.29.